The second-order valence-electron chi connectivity index (χ2n) is 2.97. The van der Waals surface area contributed by atoms with Gasteiger partial charge in [0.2, 0.25) is 0 Å². The van der Waals surface area contributed by atoms with E-state index in [4.69, 9.17) is 4.74 Å². The first-order valence-electron chi connectivity index (χ1n) is 3.88. The number of hydrogen-bond acceptors (Lipinski definition) is 2. The molecule has 0 spiro atoms. The number of rotatable bonds is 0. The van der Waals surface area contributed by atoms with Gasteiger partial charge in [0.25, 0.3) is 0 Å². The summed E-state index contributed by atoms with van der Waals surface area (Å²) >= 11 is 0. The molecule has 1 N–H and O–H groups in total. The van der Waals surface area contributed by atoms with E-state index in [1.807, 2.05) is 0 Å². The van der Waals surface area contributed by atoms with Crippen LogP contribution in [0.15, 0.2) is 24.3 Å². The molecule has 1 amide bonds. The van der Waals surface area contributed by atoms with Crippen LogP contribution < -0.4 is 10.1 Å². The number of halogens is 1. The third-order valence-corrected chi connectivity index (χ3v) is 1.84. The van der Waals surface area contributed by atoms with Crippen molar-refractivity contribution >= 4 is 11.6 Å². The highest BCUT2D eigenvalue weighted by atomic mass is 19.2. The lowest BCUT2D eigenvalue weighted by molar-refractivity contribution is -0.146. The fraction of sp³-hybridized carbons (Fsp3) is 0.222. The van der Waals surface area contributed by atoms with Gasteiger partial charge in [0.1, 0.15) is 5.75 Å². The van der Waals surface area contributed by atoms with Gasteiger partial charge >= 0.3 is 11.8 Å². The molecule has 0 radical (unpaired) electrons. The van der Waals surface area contributed by atoms with Crippen LogP contribution in [0, 0.1) is 0 Å². The summed E-state index contributed by atoms with van der Waals surface area (Å²) in [5.74, 6) is -2.69. The Bertz CT molecular complexity index is 362. The molecule has 0 saturated carbocycles. The zero-order valence-corrected chi connectivity index (χ0v) is 7.00. The highest BCUT2D eigenvalue weighted by Gasteiger charge is 2.39. The van der Waals surface area contributed by atoms with Gasteiger partial charge in [-0.15, -0.1) is 0 Å². The summed E-state index contributed by atoms with van der Waals surface area (Å²) in [4.78, 5) is 11.1. The quantitative estimate of drug-likeness (QED) is 0.661. The molecule has 4 heteroatoms. The fourth-order valence-electron chi connectivity index (χ4n) is 1.15. The van der Waals surface area contributed by atoms with Crippen molar-refractivity contribution in [3.8, 4) is 5.75 Å². The smallest absolute Gasteiger partial charge is 0.324 e. The molecule has 1 heterocycles. The SMILES string of the molecule is CC1(F)Oc2ccccc2NC1=O. The summed E-state index contributed by atoms with van der Waals surface area (Å²) in [6.07, 6.45) is 0. The van der Waals surface area contributed by atoms with Crippen molar-refractivity contribution in [2.75, 3.05) is 5.32 Å². The molecule has 13 heavy (non-hydrogen) atoms. The summed E-state index contributed by atoms with van der Waals surface area (Å²) in [6.45, 7) is 1.08. The number of benzene rings is 1. The van der Waals surface area contributed by atoms with Crippen LogP contribution in [-0.2, 0) is 4.79 Å². The minimum absolute atomic E-state index is 0.354. The summed E-state index contributed by atoms with van der Waals surface area (Å²) in [5, 5.41) is 2.41. The van der Waals surface area contributed by atoms with Gasteiger partial charge in [-0.05, 0) is 12.1 Å². The van der Waals surface area contributed by atoms with Gasteiger partial charge in [-0.2, -0.15) is 4.39 Å². The molecule has 1 aliphatic rings. The molecule has 1 aromatic rings. The van der Waals surface area contributed by atoms with E-state index in [1.165, 1.54) is 0 Å². The number of para-hydroxylation sites is 2. The molecule has 1 aromatic carbocycles. The first kappa shape index (κ1) is 8.04. The maximum absolute atomic E-state index is 13.3. The van der Waals surface area contributed by atoms with Crippen molar-refractivity contribution in [2.45, 2.75) is 12.8 Å². The van der Waals surface area contributed by atoms with Crippen LogP contribution in [0.2, 0.25) is 0 Å². The molecule has 2 rings (SSSR count). The summed E-state index contributed by atoms with van der Waals surface area (Å²) < 4.78 is 18.2. The number of hydrogen-bond donors (Lipinski definition) is 1. The van der Waals surface area contributed by atoms with Crippen LogP contribution >= 0.6 is 0 Å². The van der Waals surface area contributed by atoms with Crippen molar-refractivity contribution in [1.82, 2.24) is 0 Å². The Balaban J connectivity index is 2.44. The van der Waals surface area contributed by atoms with Gasteiger partial charge in [-0.25, -0.2) is 0 Å². The zero-order valence-electron chi connectivity index (χ0n) is 7.00. The van der Waals surface area contributed by atoms with E-state index < -0.39 is 11.8 Å². The number of ether oxygens (including phenoxy) is 1. The maximum atomic E-state index is 13.3. The molecular formula is C9H8FNO2. The number of alkyl halides is 1. The molecule has 0 aliphatic carbocycles. The number of amides is 1. The van der Waals surface area contributed by atoms with Crippen LogP contribution in [0.25, 0.3) is 0 Å². The molecule has 1 aliphatic heterocycles. The topological polar surface area (TPSA) is 38.3 Å². The van der Waals surface area contributed by atoms with E-state index >= 15 is 0 Å². The number of fused-ring (bicyclic) bond motifs is 1. The first-order valence-corrected chi connectivity index (χ1v) is 3.88. The van der Waals surface area contributed by atoms with E-state index in [-0.39, 0.29) is 0 Å². The van der Waals surface area contributed by atoms with Gasteiger partial charge in [-0.3, -0.25) is 4.79 Å². The average molecular weight is 181 g/mol. The Hall–Kier alpha value is -1.58. The van der Waals surface area contributed by atoms with Crippen molar-refractivity contribution in [3.63, 3.8) is 0 Å². The Kier molecular flexibility index (Phi) is 1.52. The largest absolute Gasteiger partial charge is 0.448 e. The van der Waals surface area contributed by atoms with Crippen LogP contribution in [-0.4, -0.2) is 11.8 Å². The lowest BCUT2D eigenvalue weighted by atomic mass is 10.2. The highest BCUT2D eigenvalue weighted by molar-refractivity contribution is 5.99. The minimum Gasteiger partial charge on any atom is -0.448 e. The molecule has 68 valence electrons. The Morgan fingerprint density at radius 1 is 1.46 bits per heavy atom. The predicted octanol–water partition coefficient (Wildman–Crippen LogP) is 1.70. The molecule has 0 saturated heterocycles. The molecular weight excluding hydrogens is 173 g/mol. The van der Waals surface area contributed by atoms with E-state index in [9.17, 15) is 9.18 Å². The number of nitrogens with one attached hydrogen (secondary N) is 1. The van der Waals surface area contributed by atoms with E-state index in [2.05, 4.69) is 5.32 Å². The Morgan fingerprint density at radius 2 is 2.15 bits per heavy atom. The third kappa shape index (κ3) is 1.24. The van der Waals surface area contributed by atoms with E-state index in [0.717, 1.165) is 6.92 Å². The van der Waals surface area contributed by atoms with Crippen LogP contribution in [0.5, 0.6) is 5.75 Å². The van der Waals surface area contributed by atoms with Gasteiger partial charge in [0.15, 0.2) is 0 Å². The van der Waals surface area contributed by atoms with Crippen LogP contribution in [0.4, 0.5) is 10.1 Å². The minimum atomic E-state index is -2.27. The second kappa shape index (κ2) is 2.45. The normalized spacial score (nSPS) is 25.8. The Labute approximate surface area is 74.5 Å². The van der Waals surface area contributed by atoms with Crippen LogP contribution in [0.1, 0.15) is 6.92 Å². The molecule has 1 atom stereocenters. The maximum Gasteiger partial charge on any atom is 0.324 e. The molecule has 0 fully saturated rings. The number of carbonyl (C=O) groups is 1. The van der Waals surface area contributed by atoms with Gasteiger partial charge in [0, 0.05) is 6.92 Å². The predicted molar refractivity (Wildman–Crippen MR) is 45.2 cm³/mol. The standard InChI is InChI=1S/C9H8FNO2/c1-9(10)8(12)11-6-4-2-3-5-7(6)13-9/h2-5H,1H3,(H,11,12). The third-order valence-electron chi connectivity index (χ3n) is 1.84. The lowest BCUT2D eigenvalue weighted by Gasteiger charge is -2.27. The lowest BCUT2D eigenvalue weighted by Crippen LogP contribution is -2.44. The fourth-order valence-corrected chi connectivity index (χ4v) is 1.15. The monoisotopic (exact) mass is 181 g/mol. The first-order chi connectivity index (χ1) is 6.09. The van der Waals surface area contributed by atoms with Gasteiger partial charge < -0.3 is 10.1 Å². The summed E-state index contributed by atoms with van der Waals surface area (Å²) in [5.41, 5.74) is 0.502. The van der Waals surface area contributed by atoms with Gasteiger partial charge in [-0.1, -0.05) is 12.1 Å². The molecule has 0 aromatic heterocycles. The van der Waals surface area contributed by atoms with Crippen molar-refractivity contribution in [1.29, 1.82) is 0 Å². The molecule has 3 nitrogen and oxygen atoms in total. The highest BCUT2D eigenvalue weighted by Crippen LogP contribution is 2.33. The van der Waals surface area contributed by atoms with Gasteiger partial charge in [0.05, 0.1) is 5.69 Å². The van der Waals surface area contributed by atoms with E-state index in [0.29, 0.717) is 11.4 Å². The summed E-state index contributed by atoms with van der Waals surface area (Å²) in [7, 11) is 0. The van der Waals surface area contributed by atoms with Crippen molar-refractivity contribution in [3.05, 3.63) is 24.3 Å². The zero-order chi connectivity index (χ0) is 9.47. The average Bonchev–Trinajstić information content (AvgIpc) is 2.06. The van der Waals surface area contributed by atoms with Crippen molar-refractivity contribution < 1.29 is 13.9 Å². The second-order valence-corrected chi connectivity index (χ2v) is 2.97. The van der Waals surface area contributed by atoms with E-state index in [1.54, 1.807) is 24.3 Å². The summed E-state index contributed by atoms with van der Waals surface area (Å²) in [6, 6.07) is 6.71. The van der Waals surface area contributed by atoms with Crippen LogP contribution in [0.3, 0.4) is 0 Å². The molecule has 0 bridgehead atoms. The van der Waals surface area contributed by atoms with Crippen molar-refractivity contribution in [2.24, 2.45) is 0 Å². The molecule has 1 unspecified atom stereocenters. The Morgan fingerprint density at radius 3 is 2.92 bits per heavy atom. The number of carbonyl (C=O) groups excluding carboxylic acids is 1. The number of anilines is 1.